The first-order chi connectivity index (χ1) is 7.17. The highest BCUT2D eigenvalue weighted by Crippen LogP contribution is 2.01. The van der Waals surface area contributed by atoms with Crippen molar-refractivity contribution in [3.8, 4) is 0 Å². The fourth-order valence-electron chi connectivity index (χ4n) is 1.87. The van der Waals surface area contributed by atoms with Gasteiger partial charge in [-0.15, -0.1) is 0 Å². The van der Waals surface area contributed by atoms with E-state index in [0.717, 1.165) is 39.3 Å². The molecule has 1 saturated heterocycles. The molecular weight excluding hydrogens is 192 g/mol. The van der Waals surface area contributed by atoms with Gasteiger partial charge in [0.2, 0.25) is 5.91 Å². The predicted molar refractivity (Wildman–Crippen MR) is 60.6 cm³/mol. The van der Waals surface area contributed by atoms with E-state index in [2.05, 4.69) is 22.0 Å². The average molecular weight is 214 g/mol. The van der Waals surface area contributed by atoms with Crippen LogP contribution < -0.4 is 11.1 Å². The van der Waals surface area contributed by atoms with E-state index in [-0.39, 0.29) is 11.9 Å². The van der Waals surface area contributed by atoms with Crippen LogP contribution in [0.4, 0.5) is 0 Å². The molecule has 1 atom stereocenters. The van der Waals surface area contributed by atoms with Crippen LogP contribution in [0.15, 0.2) is 0 Å². The number of nitrogens with two attached hydrogens (primary N) is 1. The number of amides is 1. The van der Waals surface area contributed by atoms with Gasteiger partial charge in [-0.05, 0) is 13.6 Å². The lowest BCUT2D eigenvalue weighted by Crippen LogP contribution is -2.53. The molecule has 1 aliphatic rings. The zero-order chi connectivity index (χ0) is 11.3. The third kappa shape index (κ3) is 3.77. The van der Waals surface area contributed by atoms with Crippen molar-refractivity contribution in [3.05, 3.63) is 0 Å². The van der Waals surface area contributed by atoms with E-state index in [4.69, 9.17) is 5.73 Å². The summed E-state index contributed by atoms with van der Waals surface area (Å²) >= 11 is 0. The van der Waals surface area contributed by atoms with Crippen molar-refractivity contribution in [1.29, 1.82) is 0 Å². The van der Waals surface area contributed by atoms with E-state index in [0.29, 0.717) is 0 Å². The second kappa shape index (κ2) is 6.05. The normalized spacial score (nSPS) is 21.5. The number of likely N-dealkylation sites (N-methyl/N-ethyl adjacent to an activating group) is 2. The van der Waals surface area contributed by atoms with E-state index in [9.17, 15) is 4.79 Å². The monoisotopic (exact) mass is 214 g/mol. The molecule has 1 fully saturated rings. The molecule has 88 valence electrons. The molecule has 0 aliphatic carbocycles. The maximum atomic E-state index is 11.0. The largest absolute Gasteiger partial charge is 0.368 e. The molecule has 5 nitrogen and oxygen atoms in total. The smallest absolute Gasteiger partial charge is 0.235 e. The number of primary amides is 1. The summed E-state index contributed by atoms with van der Waals surface area (Å²) in [5.74, 6) is -0.268. The quantitative estimate of drug-likeness (QED) is 0.597. The highest BCUT2D eigenvalue weighted by molar-refractivity contribution is 5.80. The SMILES string of the molecule is CCN1CCN(CC(NC)C(N)=O)CC1. The molecule has 0 bridgehead atoms. The van der Waals surface area contributed by atoms with Gasteiger partial charge in [-0.2, -0.15) is 0 Å². The summed E-state index contributed by atoms with van der Waals surface area (Å²) in [5.41, 5.74) is 5.28. The summed E-state index contributed by atoms with van der Waals surface area (Å²) in [6.45, 7) is 8.24. The Balaban J connectivity index is 2.31. The molecule has 1 aliphatic heterocycles. The number of rotatable bonds is 5. The second-order valence-corrected chi connectivity index (χ2v) is 3.98. The van der Waals surface area contributed by atoms with Crippen molar-refractivity contribution < 1.29 is 4.79 Å². The van der Waals surface area contributed by atoms with Crippen LogP contribution in [0.3, 0.4) is 0 Å². The van der Waals surface area contributed by atoms with Gasteiger partial charge in [-0.25, -0.2) is 0 Å². The number of carbonyl (C=O) groups is 1. The Morgan fingerprint density at radius 3 is 2.27 bits per heavy atom. The lowest BCUT2D eigenvalue weighted by Gasteiger charge is -2.35. The maximum Gasteiger partial charge on any atom is 0.235 e. The average Bonchev–Trinajstić information content (AvgIpc) is 2.26. The van der Waals surface area contributed by atoms with Crippen LogP contribution in [0.25, 0.3) is 0 Å². The molecule has 3 N–H and O–H groups in total. The molecule has 1 rings (SSSR count). The van der Waals surface area contributed by atoms with Gasteiger partial charge in [-0.1, -0.05) is 6.92 Å². The number of hydrogen-bond acceptors (Lipinski definition) is 4. The molecule has 0 radical (unpaired) electrons. The van der Waals surface area contributed by atoms with Crippen LogP contribution in [-0.4, -0.2) is 68.1 Å². The first-order valence-corrected chi connectivity index (χ1v) is 5.58. The van der Waals surface area contributed by atoms with Crippen LogP contribution in [0.5, 0.6) is 0 Å². The minimum absolute atomic E-state index is 0.224. The highest BCUT2D eigenvalue weighted by atomic mass is 16.1. The van der Waals surface area contributed by atoms with Crippen LogP contribution in [0, 0.1) is 0 Å². The molecule has 1 heterocycles. The Morgan fingerprint density at radius 1 is 1.33 bits per heavy atom. The van der Waals surface area contributed by atoms with Crippen LogP contribution in [0.2, 0.25) is 0 Å². The highest BCUT2D eigenvalue weighted by Gasteiger charge is 2.20. The molecule has 1 amide bonds. The molecule has 0 aromatic carbocycles. The Labute approximate surface area is 91.6 Å². The van der Waals surface area contributed by atoms with Gasteiger partial charge in [0.25, 0.3) is 0 Å². The van der Waals surface area contributed by atoms with Gasteiger partial charge >= 0.3 is 0 Å². The van der Waals surface area contributed by atoms with Crippen molar-refractivity contribution in [2.45, 2.75) is 13.0 Å². The lowest BCUT2D eigenvalue weighted by molar-refractivity contribution is -0.120. The van der Waals surface area contributed by atoms with Crippen LogP contribution in [-0.2, 0) is 4.79 Å². The minimum atomic E-state index is -0.268. The van der Waals surface area contributed by atoms with Crippen molar-refractivity contribution >= 4 is 5.91 Å². The van der Waals surface area contributed by atoms with Gasteiger partial charge in [0, 0.05) is 32.7 Å². The van der Waals surface area contributed by atoms with E-state index in [1.807, 2.05) is 0 Å². The van der Waals surface area contributed by atoms with Gasteiger partial charge in [0.15, 0.2) is 0 Å². The summed E-state index contributed by atoms with van der Waals surface area (Å²) < 4.78 is 0. The maximum absolute atomic E-state index is 11.0. The van der Waals surface area contributed by atoms with Crippen molar-refractivity contribution in [3.63, 3.8) is 0 Å². The zero-order valence-electron chi connectivity index (χ0n) is 9.70. The number of nitrogens with zero attached hydrogens (tertiary/aromatic N) is 2. The summed E-state index contributed by atoms with van der Waals surface area (Å²) in [7, 11) is 1.78. The summed E-state index contributed by atoms with van der Waals surface area (Å²) in [5, 5.41) is 2.94. The van der Waals surface area contributed by atoms with Gasteiger partial charge in [0.1, 0.15) is 0 Å². The van der Waals surface area contributed by atoms with Crippen LogP contribution in [0.1, 0.15) is 6.92 Å². The van der Waals surface area contributed by atoms with Crippen LogP contribution >= 0.6 is 0 Å². The Hall–Kier alpha value is -0.650. The van der Waals surface area contributed by atoms with Gasteiger partial charge in [-0.3, -0.25) is 9.69 Å². The summed E-state index contributed by atoms with van der Waals surface area (Å²) in [4.78, 5) is 15.7. The topological polar surface area (TPSA) is 61.6 Å². The number of piperazine rings is 1. The lowest BCUT2D eigenvalue weighted by atomic mass is 10.2. The zero-order valence-corrected chi connectivity index (χ0v) is 9.70. The number of carbonyl (C=O) groups excluding carboxylic acids is 1. The van der Waals surface area contributed by atoms with E-state index in [1.165, 1.54) is 0 Å². The predicted octanol–water partition coefficient (Wildman–Crippen LogP) is -1.30. The molecular formula is C10H22N4O. The van der Waals surface area contributed by atoms with Crippen molar-refractivity contribution in [1.82, 2.24) is 15.1 Å². The molecule has 0 aromatic heterocycles. The van der Waals surface area contributed by atoms with E-state index < -0.39 is 0 Å². The Bertz CT molecular complexity index is 202. The number of hydrogen-bond donors (Lipinski definition) is 2. The molecule has 15 heavy (non-hydrogen) atoms. The first-order valence-electron chi connectivity index (χ1n) is 5.58. The number of nitrogens with one attached hydrogen (secondary N) is 1. The van der Waals surface area contributed by atoms with Gasteiger partial charge in [0.05, 0.1) is 6.04 Å². The molecule has 0 spiro atoms. The minimum Gasteiger partial charge on any atom is -0.368 e. The molecule has 5 heteroatoms. The second-order valence-electron chi connectivity index (χ2n) is 3.98. The van der Waals surface area contributed by atoms with Crippen molar-refractivity contribution in [2.75, 3.05) is 46.3 Å². The van der Waals surface area contributed by atoms with E-state index >= 15 is 0 Å². The summed E-state index contributed by atoms with van der Waals surface area (Å²) in [6, 6.07) is -0.224. The van der Waals surface area contributed by atoms with Crippen molar-refractivity contribution in [2.24, 2.45) is 5.73 Å². The third-order valence-electron chi connectivity index (χ3n) is 3.04. The summed E-state index contributed by atoms with van der Waals surface area (Å²) in [6.07, 6.45) is 0. The van der Waals surface area contributed by atoms with Gasteiger partial charge < -0.3 is 16.0 Å². The fourth-order valence-corrected chi connectivity index (χ4v) is 1.87. The Morgan fingerprint density at radius 2 is 1.87 bits per heavy atom. The molecule has 0 aromatic rings. The standard InChI is InChI=1S/C10H22N4O/c1-3-13-4-6-14(7-5-13)8-9(12-2)10(11)15/h9,12H,3-8H2,1-2H3,(H2,11,15). The molecule has 1 unspecified atom stereocenters. The Kier molecular flexibility index (Phi) is 5.01. The fraction of sp³-hybridized carbons (Fsp3) is 0.900. The van der Waals surface area contributed by atoms with E-state index in [1.54, 1.807) is 7.05 Å². The molecule has 0 saturated carbocycles. The first kappa shape index (κ1) is 12.4. The third-order valence-corrected chi connectivity index (χ3v) is 3.04.